The summed E-state index contributed by atoms with van der Waals surface area (Å²) in [7, 11) is 0. The van der Waals surface area contributed by atoms with Gasteiger partial charge in [0.2, 0.25) is 0 Å². The van der Waals surface area contributed by atoms with Gasteiger partial charge in [-0.1, -0.05) is 48.0 Å². The highest BCUT2D eigenvalue weighted by Gasteiger charge is 2.35. The number of esters is 1. The molecule has 8 heteroatoms. The summed E-state index contributed by atoms with van der Waals surface area (Å²) >= 11 is 6.04. The summed E-state index contributed by atoms with van der Waals surface area (Å²) in [5.74, 6) is -2.16. The Balaban J connectivity index is 1.38. The second-order valence-electron chi connectivity index (χ2n) is 7.79. The summed E-state index contributed by atoms with van der Waals surface area (Å²) in [5, 5.41) is 3.14. The highest BCUT2D eigenvalue weighted by atomic mass is 35.5. The van der Waals surface area contributed by atoms with Gasteiger partial charge in [-0.05, 0) is 54.8 Å². The molecule has 0 unspecified atom stereocenters. The topological polar surface area (TPSA) is 92.8 Å². The van der Waals surface area contributed by atoms with Gasteiger partial charge in [0, 0.05) is 17.3 Å². The van der Waals surface area contributed by atoms with E-state index in [-0.39, 0.29) is 23.2 Å². The van der Waals surface area contributed by atoms with Crippen LogP contribution in [0.5, 0.6) is 0 Å². The van der Waals surface area contributed by atoms with E-state index in [1.165, 1.54) is 23.1 Å². The Labute approximate surface area is 201 Å². The van der Waals surface area contributed by atoms with Crippen molar-refractivity contribution >= 4 is 41.0 Å². The number of anilines is 1. The van der Waals surface area contributed by atoms with Crippen LogP contribution in [-0.2, 0) is 16.0 Å². The van der Waals surface area contributed by atoms with E-state index in [1.54, 1.807) is 25.1 Å². The van der Waals surface area contributed by atoms with Gasteiger partial charge in [-0.25, -0.2) is 4.79 Å². The van der Waals surface area contributed by atoms with Crippen molar-refractivity contribution in [1.82, 2.24) is 4.90 Å². The summed E-state index contributed by atoms with van der Waals surface area (Å²) < 4.78 is 5.09. The van der Waals surface area contributed by atoms with Crippen molar-refractivity contribution < 1.29 is 23.9 Å². The molecule has 1 aliphatic heterocycles. The molecule has 1 N–H and O–H groups in total. The molecule has 172 valence electrons. The highest BCUT2D eigenvalue weighted by Crippen LogP contribution is 2.25. The van der Waals surface area contributed by atoms with Crippen LogP contribution in [0.2, 0.25) is 5.02 Å². The van der Waals surface area contributed by atoms with Crippen molar-refractivity contribution in [3.8, 4) is 0 Å². The average Bonchev–Trinajstić information content (AvgIpc) is 3.08. The van der Waals surface area contributed by atoms with Crippen LogP contribution < -0.4 is 5.32 Å². The van der Waals surface area contributed by atoms with E-state index < -0.39 is 30.3 Å². The van der Waals surface area contributed by atoms with Crippen LogP contribution in [0.4, 0.5) is 5.69 Å². The fourth-order valence-electron chi connectivity index (χ4n) is 3.65. The van der Waals surface area contributed by atoms with Crippen molar-refractivity contribution in [1.29, 1.82) is 0 Å². The first-order valence-corrected chi connectivity index (χ1v) is 11.0. The van der Waals surface area contributed by atoms with Crippen molar-refractivity contribution in [3.63, 3.8) is 0 Å². The van der Waals surface area contributed by atoms with Gasteiger partial charge >= 0.3 is 5.97 Å². The summed E-state index contributed by atoms with van der Waals surface area (Å²) in [6, 6.07) is 18.8. The number of benzene rings is 3. The quantitative estimate of drug-likeness (QED) is 0.406. The molecule has 1 heterocycles. The summed E-state index contributed by atoms with van der Waals surface area (Å²) in [4.78, 5) is 51.3. The smallest absolute Gasteiger partial charge is 0.338 e. The summed E-state index contributed by atoms with van der Waals surface area (Å²) in [6.07, 6.45) is 0.530. The van der Waals surface area contributed by atoms with E-state index in [9.17, 15) is 19.2 Å². The molecule has 0 bridgehead atoms. The van der Waals surface area contributed by atoms with Gasteiger partial charge in [0.1, 0.15) is 0 Å². The van der Waals surface area contributed by atoms with E-state index in [4.69, 9.17) is 16.3 Å². The zero-order valence-electron chi connectivity index (χ0n) is 18.3. The number of carbonyl (C=O) groups is 4. The molecule has 0 radical (unpaired) electrons. The molecular weight excluding hydrogens is 456 g/mol. The Bertz CT molecular complexity index is 1290. The predicted molar refractivity (Wildman–Crippen MR) is 127 cm³/mol. The number of nitrogens with zero attached hydrogens (tertiary/aromatic N) is 1. The van der Waals surface area contributed by atoms with Crippen molar-refractivity contribution in [2.75, 3.05) is 18.5 Å². The number of rotatable bonds is 7. The Kier molecular flexibility index (Phi) is 6.75. The number of amides is 3. The van der Waals surface area contributed by atoms with Gasteiger partial charge in [0.25, 0.3) is 17.7 Å². The summed E-state index contributed by atoms with van der Waals surface area (Å²) in [6.45, 7) is 1.48. The second kappa shape index (κ2) is 9.89. The second-order valence-corrected chi connectivity index (χ2v) is 8.20. The van der Waals surface area contributed by atoms with E-state index in [0.29, 0.717) is 22.7 Å². The zero-order chi connectivity index (χ0) is 24.2. The Morgan fingerprint density at radius 2 is 1.68 bits per heavy atom. The van der Waals surface area contributed by atoms with Gasteiger partial charge in [-0.2, -0.15) is 0 Å². The lowest BCUT2D eigenvalue weighted by Gasteiger charge is -2.13. The molecule has 7 nitrogen and oxygen atoms in total. The number of halogens is 1. The molecular formula is C26H21ClN2O5. The maximum absolute atomic E-state index is 12.8. The van der Waals surface area contributed by atoms with Crippen LogP contribution in [0.1, 0.15) is 42.2 Å². The molecule has 0 fully saturated rings. The Morgan fingerprint density at radius 3 is 2.44 bits per heavy atom. The number of carbonyl (C=O) groups excluding carboxylic acids is 4. The third-order valence-corrected chi connectivity index (χ3v) is 5.96. The number of imide groups is 1. The first-order chi connectivity index (χ1) is 16.3. The van der Waals surface area contributed by atoms with Crippen LogP contribution >= 0.6 is 11.6 Å². The van der Waals surface area contributed by atoms with Crippen LogP contribution in [0, 0.1) is 6.92 Å². The fraction of sp³-hybridized carbons (Fsp3) is 0.154. The van der Waals surface area contributed by atoms with Gasteiger partial charge in [-0.15, -0.1) is 0 Å². The molecule has 3 aromatic rings. The monoisotopic (exact) mass is 476 g/mol. The molecule has 0 saturated carbocycles. The van der Waals surface area contributed by atoms with Gasteiger partial charge in [0.05, 0.1) is 16.7 Å². The van der Waals surface area contributed by atoms with Crippen LogP contribution in [0.25, 0.3) is 0 Å². The third kappa shape index (κ3) is 4.84. The number of nitrogens with one attached hydrogen (secondary N) is 1. The number of hydrogen-bond donors (Lipinski definition) is 1. The minimum Gasteiger partial charge on any atom is -0.452 e. The SMILES string of the molecule is Cc1c(Cl)cccc1NC(=O)COC(=O)c1ccc2c(c1)C(=O)N(CCc1ccccc1)C2=O. The molecule has 3 aromatic carbocycles. The normalized spacial score (nSPS) is 12.5. The molecule has 0 atom stereocenters. The predicted octanol–water partition coefficient (Wildman–Crippen LogP) is 4.28. The van der Waals surface area contributed by atoms with Crippen LogP contribution in [0.3, 0.4) is 0 Å². The van der Waals surface area contributed by atoms with E-state index in [2.05, 4.69) is 5.32 Å². The average molecular weight is 477 g/mol. The van der Waals surface area contributed by atoms with Crippen molar-refractivity contribution in [2.24, 2.45) is 0 Å². The fourth-order valence-corrected chi connectivity index (χ4v) is 3.82. The molecule has 0 spiro atoms. The van der Waals surface area contributed by atoms with Crippen molar-refractivity contribution in [3.05, 3.63) is 99.6 Å². The molecule has 0 aliphatic carbocycles. The van der Waals surface area contributed by atoms with Crippen LogP contribution in [-0.4, -0.2) is 41.7 Å². The number of fused-ring (bicyclic) bond motifs is 1. The van der Waals surface area contributed by atoms with E-state index in [0.717, 1.165) is 5.56 Å². The molecule has 0 aromatic heterocycles. The van der Waals surface area contributed by atoms with Crippen LogP contribution in [0.15, 0.2) is 66.7 Å². The highest BCUT2D eigenvalue weighted by molar-refractivity contribution is 6.31. The molecule has 0 saturated heterocycles. The third-order valence-electron chi connectivity index (χ3n) is 5.55. The first-order valence-electron chi connectivity index (χ1n) is 10.6. The lowest BCUT2D eigenvalue weighted by atomic mass is 10.1. The maximum atomic E-state index is 12.8. The van der Waals surface area contributed by atoms with Crippen molar-refractivity contribution in [2.45, 2.75) is 13.3 Å². The molecule has 1 aliphatic rings. The molecule has 4 rings (SSSR count). The summed E-state index contributed by atoms with van der Waals surface area (Å²) in [5.41, 5.74) is 2.69. The zero-order valence-corrected chi connectivity index (χ0v) is 19.1. The van der Waals surface area contributed by atoms with Gasteiger partial charge in [0.15, 0.2) is 6.61 Å². The minimum atomic E-state index is -0.774. The Morgan fingerprint density at radius 1 is 0.941 bits per heavy atom. The van der Waals surface area contributed by atoms with E-state index in [1.807, 2.05) is 30.3 Å². The number of ether oxygens (including phenoxy) is 1. The molecule has 34 heavy (non-hydrogen) atoms. The maximum Gasteiger partial charge on any atom is 0.338 e. The van der Waals surface area contributed by atoms with Gasteiger partial charge in [-0.3, -0.25) is 19.3 Å². The molecule has 3 amide bonds. The van der Waals surface area contributed by atoms with E-state index >= 15 is 0 Å². The first kappa shape index (κ1) is 23.2. The Hall–Kier alpha value is -3.97. The number of hydrogen-bond acceptors (Lipinski definition) is 5. The minimum absolute atomic E-state index is 0.0801. The van der Waals surface area contributed by atoms with Gasteiger partial charge < -0.3 is 10.1 Å². The lowest BCUT2D eigenvalue weighted by molar-refractivity contribution is -0.119. The standard InChI is InChI=1S/C26H21ClN2O5/c1-16-21(27)8-5-9-22(16)28-23(30)15-34-26(33)18-10-11-19-20(14-18)25(32)29(24(19)31)13-12-17-6-3-2-4-7-17/h2-11,14H,12-13,15H2,1H3,(H,28,30). The largest absolute Gasteiger partial charge is 0.452 e. The lowest BCUT2D eigenvalue weighted by Crippen LogP contribution is -2.31.